The summed E-state index contributed by atoms with van der Waals surface area (Å²) in [5.41, 5.74) is 0.895. The van der Waals surface area contributed by atoms with Gasteiger partial charge in [0.1, 0.15) is 5.82 Å². The van der Waals surface area contributed by atoms with E-state index < -0.39 is 5.82 Å². The van der Waals surface area contributed by atoms with Crippen molar-refractivity contribution in [2.75, 3.05) is 5.32 Å². The van der Waals surface area contributed by atoms with Crippen molar-refractivity contribution in [3.8, 4) is 0 Å². The topological polar surface area (TPSA) is 42.0 Å². The summed E-state index contributed by atoms with van der Waals surface area (Å²) in [6.45, 7) is 0. The molecule has 0 saturated heterocycles. The average molecular weight is 342 g/mol. The third-order valence-electron chi connectivity index (χ3n) is 2.09. The number of nitrogens with one attached hydrogen (secondary N) is 1. The molecule has 0 spiro atoms. The number of aromatic nitrogens is 1. The van der Waals surface area contributed by atoms with E-state index in [0.29, 0.717) is 14.8 Å². The maximum absolute atomic E-state index is 13.1. The van der Waals surface area contributed by atoms with Crippen LogP contribution in [-0.4, -0.2) is 10.9 Å². The molecule has 86 valence electrons. The molecule has 1 aromatic heterocycles. The molecular formula is C12H8FIN2O. The second-order valence-corrected chi connectivity index (χ2v) is 4.48. The lowest BCUT2D eigenvalue weighted by molar-refractivity contribution is 0.102. The highest BCUT2D eigenvalue weighted by Gasteiger charge is 2.11. The highest BCUT2D eigenvalue weighted by atomic mass is 127. The summed E-state index contributed by atoms with van der Waals surface area (Å²) in [7, 11) is 0. The van der Waals surface area contributed by atoms with Gasteiger partial charge in [0.25, 0.3) is 5.91 Å². The minimum absolute atomic E-state index is 0.314. The molecule has 0 atom stereocenters. The molecule has 1 N–H and O–H groups in total. The third-order valence-corrected chi connectivity index (χ3v) is 3.03. The minimum atomic E-state index is -0.429. The van der Waals surface area contributed by atoms with Crippen molar-refractivity contribution < 1.29 is 9.18 Å². The van der Waals surface area contributed by atoms with Gasteiger partial charge in [0.15, 0.2) is 0 Å². The van der Waals surface area contributed by atoms with Crippen LogP contribution < -0.4 is 5.32 Å². The number of rotatable bonds is 2. The highest BCUT2D eigenvalue weighted by molar-refractivity contribution is 14.1. The Labute approximate surface area is 111 Å². The number of anilines is 1. The first-order valence-electron chi connectivity index (χ1n) is 4.83. The van der Waals surface area contributed by atoms with Crippen LogP contribution in [-0.2, 0) is 0 Å². The van der Waals surface area contributed by atoms with E-state index in [9.17, 15) is 9.18 Å². The standard InChI is InChI=1S/C12H8FIN2O/c13-8-3-4-11(14)10(6-8)12(17)16-9-2-1-5-15-7-9/h1-7H,(H,16,17). The monoisotopic (exact) mass is 342 g/mol. The molecule has 1 amide bonds. The van der Waals surface area contributed by atoms with Crippen molar-refractivity contribution in [2.45, 2.75) is 0 Å². The van der Waals surface area contributed by atoms with Gasteiger partial charge in [0.2, 0.25) is 0 Å². The number of halogens is 2. The lowest BCUT2D eigenvalue weighted by Gasteiger charge is -2.06. The van der Waals surface area contributed by atoms with E-state index in [1.807, 2.05) is 22.6 Å². The average Bonchev–Trinajstić information content (AvgIpc) is 2.33. The van der Waals surface area contributed by atoms with Crippen LogP contribution in [0.25, 0.3) is 0 Å². The number of amides is 1. The maximum Gasteiger partial charge on any atom is 0.256 e. The Morgan fingerprint density at radius 3 is 2.88 bits per heavy atom. The van der Waals surface area contributed by atoms with Gasteiger partial charge in [0, 0.05) is 9.77 Å². The van der Waals surface area contributed by atoms with Crippen LogP contribution in [0, 0.1) is 9.39 Å². The Kier molecular flexibility index (Phi) is 3.68. The van der Waals surface area contributed by atoms with Gasteiger partial charge in [-0.1, -0.05) is 0 Å². The fraction of sp³-hybridized carbons (Fsp3) is 0. The van der Waals surface area contributed by atoms with Gasteiger partial charge in [-0.05, 0) is 52.9 Å². The Bertz CT molecular complexity index is 545. The Morgan fingerprint density at radius 1 is 1.35 bits per heavy atom. The molecule has 3 nitrogen and oxygen atoms in total. The fourth-order valence-corrected chi connectivity index (χ4v) is 1.89. The SMILES string of the molecule is O=C(Nc1cccnc1)c1cc(F)ccc1I. The Balaban J connectivity index is 2.23. The molecule has 0 aliphatic heterocycles. The summed E-state index contributed by atoms with van der Waals surface area (Å²) in [4.78, 5) is 15.8. The largest absolute Gasteiger partial charge is 0.321 e. The van der Waals surface area contributed by atoms with E-state index in [1.165, 1.54) is 18.3 Å². The van der Waals surface area contributed by atoms with Gasteiger partial charge in [-0.2, -0.15) is 0 Å². The summed E-state index contributed by atoms with van der Waals surface area (Å²) < 4.78 is 13.8. The van der Waals surface area contributed by atoms with Crippen molar-refractivity contribution in [3.63, 3.8) is 0 Å². The predicted molar refractivity (Wildman–Crippen MR) is 71.3 cm³/mol. The smallest absolute Gasteiger partial charge is 0.256 e. The highest BCUT2D eigenvalue weighted by Crippen LogP contribution is 2.15. The second-order valence-electron chi connectivity index (χ2n) is 3.32. The molecule has 0 aliphatic rings. The summed E-state index contributed by atoms with van der Waals surface area (Å²) in [5, 5.41) is 2.65. The molecule has 0 unspecified atom stereocenters. The molecule has 0 aliphatic carbocycles. The zero-order chi connectivity index (χ0) is 12.3. The lowest BCUT2D eigenvalue weighted by Crippen LogP contribution is -2.13. The number of benzene rings is 1. The first-order valence-corrected chi connectivity index (χ1v) is 5.91. The van der Waals surface area contributed by atoms with Crippen LogP contribution >= 0.6 is 22.6 Å². The summed E-state index contributed by atoms with van der Waals surface area (Å²) in [6, 6.07) is 7.54. The first-order chi connectivity index (χ1) is 8.16. The predicted octanol–water partition coefficient (Wildman–Crippen LogP) is 3.08. The van der Waals surface area contributed by atoms with Crippen LogP contribution in [0.15, 0.2) is 42.7 Å². The van der Waals surface area contributed by atoms with E-state index in [-0.39, 0.29) is 5.91 Å². The van der Waals surface area contributed by atoms with Crippen molar-refractivity contribution in [1.82, 2.24) is 4.98 Å². The number of nitrogens with zero attached hydrogens (tertiary/aromatic N) is 1. The Hall–Kier alpha value is -1.50. The van der Waals surface area contributed by atoms with Crippen LogP contribution in [0.3, 0.4) is 0 Å². The number of carbonyl (C=O) groups is 1. The first kappa shape index (κ1) is 12.0. The molecule has 0 bridgehead atoms. The molecule has 2 aromatic rings. The molecule has 5 heteroatoms. The molecule has 2 rings (SSSR count). The van der Waals surface area contributed by atoms with E-state index in [0.717, 1.165) is 0 Å². The zero-order valence-corrected chi connectivity index (χ0v) is 10.8. The van der Waals surface area contributed by atoms with Crippen LogP contribution in [0.1, 0.15) is 10.4 Å². The van der Waals surface area contributed by atoms with Crippen LogP contribution in [0.5, 0.6) is 0 Å². The second kappa shape index (κ2) is 5.22. The van der Waals surface area contributed by atoms with Crippen molar-refractivity contribution in [1.29, 1.82) is 0 Å². The van der Waals surface area contributed by atoms with Crippen molar-refractivity contribution in [2.24, 2.45) is 0 Å². The van der Waals surface area contributed by atoms with Gasteiger partial charge < -0.3 is 5.32 Å². The lowest BCUT2D eigenvalue weighted by atomic mass is 10.2. The van der Waals surface area contributed by atoms with Gasteiger partial charge in [-0.3, -0.25) is 9.78 Å². The Morgan fingerprint density at radius 2 is 2.18 bits per heavy atom. The fourth-order valence-electron chi connectivity index (χ4n) is 1.31. The van der Waals surface area contributed by atoms with Crippen LogP contribution in [0.2, 0.25) is 0 Å². The molecule has 0 radical (unpaired) electrons. The number of hydrogen-bond acceptors (Lipinski definition) is 2. The molecular weight excluding hydrogens is 334 g/mol. The van der Waals surface area contributed by atoms with E-state index in [1.54, 1.807) is 24.4 Å². The summed E-state index contributed by atoms with van der Waals surface area (Å²) in [5.74, 6) is -0.774. The summed E-state index contributed by atoms with van der Waals surface area (Å²) in [6.07, 6.45) is 3.14. The van der Waals surface area contributed by atoms with E-state index >= 15 is 0 Å². The minimum Gasteiger partial charge on any atom is -0.321 e. The molecule has 0 fully saturated rings. The van der Waals surface area contributed by atoms with Gasteiger partial charge >= 0.3 is 0 Å². The summed E-state index contributed by atoms with van der Waals surface area (Å²) >= 11 is 1.99. The van der Waals surface area contributed by atoms with E-state index in [4.69, 9.17) is 0 Å². The van der Waals surface area contributed by atoms with Crippen molar-refractivity contribution in [3.05, 3.63) is 57.7 Å². The molecule has 1 aromatic carbocycles. The molecule has 1 heterocycles. The number of pyridine rings is 1. The van der Waals surface area contributed by atoms with Crippen LogP contribution in [0.4, 0.5) is 10.1 Å². The maximum atomic E-state index is 13.1. The van der Waals surface area contributed by atoms with Gasteiger partial charge in [-0.15, -0.1) is 0 Å². The quantitative estimate of drug-likeness (QED) is 0.853. The number of hydrogen-bond donors (Lipinski definition) is 1. The molecule has 17 heavy (non-hydrogen) atoms. The zero-order valence-electron chi connectivity index (χ0n) is 8.65. The van der Waals surface area contributed by atoms with Gasteiger partial charge in [-0.25, -0.2) is 4.39 Å². The third kappa shape index (κ3) is 3.00. The van der Waals surface area contributed by atoms with Gasteiger partial charge in [0.05, 0.1) is 17.4 Å². The van der Waals surface area contributed by atoms with E-state index in [2.05, 4.69) is 10.3 Å². The normalized spacial score (nSPS) is 10.0. The van der Waals surface area contributed by atoms with Crippen molar-refractivity contribution >= 4 is 34.2 Å². The number of carbonyl (C=O) groups excluding carboxylic acids is 1. The molecule has 0 saturated carbocycles.